The van der Waals surface area contributed by atoms with Crippen LogP contribution in [0.3, 0.4) is 0 Å². The van der Waals surface area contributed by atoms with Crippen molar-refractivity contribution < 1.29 is 4.79 Å². The van der Waals surface area contributed by atoms with Crippen molar-refractivity contribution in [3.63, 3.8) is 0 Å². The number of carbonyl (C=O) groups excluding carboxylic acids is 1. The van der Waals surface area contributed by atoms with E-state index >= 15 is 0 Å². The molecule has 0 bridgehead atoms. The number of aromatic nitrogens is 1. The van der Waals surface area contributed by atoms with Gasteiger partial charge in [-0.25, -0.2) is 4.98 Å². The normalized spacial score (nSPS) is 15.7. The summed E-state index contributed by atoms with van der Waals surface area (Å²) in [5.41, 5.74) is 7.98. The van der Waals surface area contributed by atoms with Crippen LogP contribution in [-0.4, -0.2) is 16.9 Å². The minimum atomic E-state index is -0.0869. The molecule has 0 spiro atoms. The van der Waals surface area contributed by atoms with Gasteiger partial charge in [0.1, 0.15) is 5.69 Å². The molecule has 1 saturated carbocycles. The minimum Gasteiger partial charge on any atom is -0.398 e. The number of aryl methyl sites for hydroxylation is 1. The molecule has 1 amide bonds. The van der Waals surface area contributed by atoms with E-state index in [0.717, 1.165) is 29.3 Å². The number of hydrogen-bond donors (Lipinski definition) is 2. The number of hydrogen-bond acceptors (Lipinski definition) is 3. The van der Waals surface area contributed by atoms with Gasteiger partial charge in [0.25, 0.3) is 5.91 Å². The van der Waals surface area contributed by atoms with Crippen molar-refractivity contribution in [1.29, 1.82) is 0 Å². The lowest BCUT2D eigenvalue weighted by atomic mass is 10.1. The molecular weight excluding hydrogens is 250 g/mol. The SMILES string of the molecule is Cc1cc2c(N)cccc2c(C(=O)NC2CCCC2)n1. The maximum Gasteiger partial charge on any atom is 0.270 e. The van der Waals surface area contributed by atoms with Crippen LogP contribution < -0.4 is 11.1 Å². The molecule has 2 aromatic rings. The topological polar surface area (TPSA) is 68.0 Å². The standard InChI is InChI=1S/C16H19N3O/c1-10-9-13-12(7-4-8-14(13)17)15(18-10)16(20)19-11-5-2-3-6-11/h4,7-9,11H,2-3,5-6,17H2,1H3,(H,19,20). The predicted molar refractivity (Wildman–Crippen MR) is 80.6 cm³/mol. The molecule has 3 N–H and O–H groups in total. The van der Waals surface area contributed by atoms with Gasteiger partial charge in [0.2, 0.25) is 0 Å². The van der Waals surface area contributed by atoms with Crippen molar-refractivity contribution >= 4 is 22.4 Å². The monoisotopic (exact) mass is 269 g/mol. The second kappa shape index (κ2) is 5.12. The highest BCUT2D eigenvalue weighted by molar-refractivity contribution is 6.08. The van der Waals surface area contributed by atoms with Gasteiger partial charge in [-0.15, -0.1) is 0 Å². The molecule has 0 unspecified atom stereocenters. The average molecular weight is 269 g/mol. The van der Waals surface area contributed by atoms with Crippen LogP contribution in [0.5, 0.6) is 0 Å². The Bertz CT molecular complexity index is 660. The Kier molecular flexibility index (Phi) is 3.30. The molecule has 1 aromatic carbocycles. The Morgan fingerprint density at radius 1 is 1.30 bits per heavy atom. The van der Waals surface area contributed by atoms with Crippen LogP contribution in [0.25, 0.3) is 10.8 Å². The number of amides is 1. The average Bonchev–Trinajstić information content (AvgIpc) is 2.92. The third-order valence-corrected chi connectivity index (χ3v) is 3.94. The molecule has 1 aliphatic rings. The highest BCUT2D eigenvalue weighted by Crippen LogP contribution is 2.25. The van der Waals surface area contributed by atoms with E-state index in [-0.39, 0.29) is 5.91 Å². The number of nitrogens with zero attached hydrogens (tertiary/aromatic N) is 1. The molecule has 104 valence electrons. The molecule has 1 aliphatic carbocycles. The lowest BCUT2D eigenvalue weighted by molar-refractivity contribution is 0.0934. The van der Waals surface area contributed by atoms with Gasteiger partial charge < -0.3 is 11.1 Å². The molecule has 4 heteroatoms. The molecular formula is C16H19N3O. The van der Waals surface area contributed by atoms with E-state index in [1.807, 2.05) is 31.2 Å². The minimum absolute atomic E-state index is 0.0869. The Morgan fingerprint density at radius 3 is 2.80 bits per heavy atom. The zero-order valence-corrected chi connectivity index (χ0v) is 11.6. The lowest BCUT2D eigenvalue weighted by Gasteiger charge is -2.13. The molecule has 1 heterocycles. The molecule has 1 fully saturated rings. The number of benzene rings is 1. The first kappa shape index (κ1) is 12.9. The maximum atomic E-state index is 12.5. The van der Waals surface area contributed by atoms with Gasteiger partial charge in [0, 0.05) is 28.2 Å². The van der Waals surface area contributed by atoms with E-state index < -0.39 is 0 Å². The van der Waals surface area contributed by atoms with Crippen LogP contribution in [0.1, 0.15) is 41.9 Å². The maximum absolute atomic E-state index is 12.5. The van der Waals surface area contributed by atoms with Gasteiger partial charge in [-0.3, -0.25) is 4.79 Å². The van der Waals surface area contributed by atoms with Gasteiger partial charge in [0.05, 0.1) is 0 Å². The van der Waals surface area contributed by atoms with Gasteiger partial charge in [-0.1, -0.05) is 25.0 Å². The largest absolute Gasteiger partial charge is 0.398 e. The molecule has 20 heavy (non-hydrogen) atoms. The van der Waals surface area contributed by atoms with Crippen LogP contribution >= 0.6 is 0 Å². The van der Waals surface area contributed by atoms with Gasteiger partial charge in [-0.2, -0.15) is 0 Å². The molecule has 3 rings (SSSR count). The summed E-state index contributed by atoms with van der Waals surface area (Å²) < 4.78 is 0. The first-order valence-corrected chi connectivity index (χ1v) is 7.12. The van der Waals surface area contributed by atoms with Gasteiger partial charge in [0.15, 0.2) is 0 Å². The van der Waals surface area contributed by atoms with Crippen molar-refractivity contribution in [2.45, 2.75) is 38.6 Å². The highest BCUT2D eigenvalue weighted by atomic mass is 16.1. The van der Waals surface area contributed by atoms with E-state index in [2.05, 4.69) is 10.3 Å². The molecule has 0 aliphatic heterocycles. The zero-order chi connectivity index (χ0) is 14.1. The first-order valence-electron chi connectivity index (χ1n) is 7.12. The highest BCUT2D eigenvalue weighted by Gasteiger charge is 2.20. The molecule has 0 atom stereocenters. The summed E-state index contributed by atoms with van der Waals surface area (Å²) in [5, 5.41) is 4.82. The number of pyridine rings is 1. The van der Waals surface area contributed by atoms with Gasteiger partial charge in [-0.05, 0) is 31.9 Å². The van der Waals surface area contributed by atoms with Gasteiger partial charge >= 0.3 is 0 Å². The van der Waals surface area contributed by atoms with E-state index in [1.54, 1.807) is 0 Å². The van der Waals surface area contributed by atoms with E-state index in [4.69, 9.17) is 5.73 Å². The number of nitrogens with one attached hydrogen (secondary N) is 1. The second-order valence-corrected chi connectivity index (χ2v) is 5.51. The summed E-state index contributed by atoms with van der Waals surface area (Å²) in [4.78, 5) is 16.9. The fourth-order valence-electron chi connectivity index (χ4n) is 2.93. The number of nitrogen functional groups attached to an aromatic ring is 1. The number of carbonyl (C=O) groups is 1. The van der Waals surface area contributed by atoms with Crippen LogP contribution in [0.2, 0.25) is 0 Å². The summed E-state index contributed by atoms with van der Waals surface area (Å²) in [6, 6.07) is 7.83. The fraction of sp³-hybridized carbons (Fsp3) is 0.375. The smallest absolute Gasteiger partial charge is 0.270 e. The Morgan fingerprint density at radius 2 is 2.05 bits per heavy atom. The predicted octanol–water partition coefficient (Wildman–Crippen LogP) is 2.80. The summed E-state index contributed by atoms with van der Waals surface area (Å²) in [6.45, 7) is 1.89. The van der Waals surface area contributed by atoms with Crippen LogP contribution in [-0.2, 0) is 0 Å². The van der Waals surface area contributed by atoms with Crippen molar-refractivity contribution in [3.8, 4) is 0 Å². The number of anilines is 1. The Hall–Kier alpha value is -2.10. The number of rotatable bonds is 2. The quantitative estimate of drug-likeness (QED) is 0.824. The molecule has 4 nitrogen and oxygen atoms in total. The van der Waals surface area contributed by atoms with E-state index in [0.29, 0.717) is 17.4 Å². The van der Waals surface area contributed by atoms with Crippen molar-refractivity contribution in [1.82, 2.24) is 10.3 Å². The third kappa shape index (κ3) is 2.33. The van der Waals surface area contributed by atoms with Crippen LogP contribution in [0.4, 0.5) is 5.69 Å². The summed E-state index contributed by atoms with van der Waals surface area (Å²) in [6.07, 6.45) is 4.52. The Labute approximate surface area is 118 Å². The van der Waals surface area contributed by atoms with E-state index in [9.17, 15) is 4.79 Å². The summed E-state index contributed by atoms with van der Waals surface area (Å²) in [5.74, 6) is -0.0869. The lowest BCUT2D eigenvalue weighted by Crippen LogP contribution is -2.33. The van der Waals surface area contributed by atoms with Crippen molar-refractivity contribution in [3.05, 3.63) is 35.7 Å². The summed E-state index contributed by atoms with van der Waals surface area (Å²) >= 11 is 0. The molecule has 1 aromatic heterocycles. The van der Waals surface area contributed by atoms with E-state index in [1.165, 1.54) is 12.8 Å². The first-order chi connectivity index (χ1) is 9.65. The zero-order valence-electron chi connectivity index (χ0n) is 11.6. The number of fused-ring (bicyclic) bond motifs is 1. The third-order valence-electron chi connectivity index (χ3n) is 3.94. The van der Waals surface area contributed by atoms with Crippen molar-refractivity contribution in [2.75, 3.05) is 5.73 Å². The fourth-order valence-corrected chi connectivity index (χ4v) is 2.93. The number of nitrogens with two attached hydrogens (primary N) is 1. The second-order valence-electron chi connectivity index (χ2n) is 5.51. The van der Waals surface area contributed by atoms with Crippen LogP contribution in [0.15, 0.2) is 24.3 Å². The molecule has 0 saturated heterocycles. The van der Waals surface area contributed by atoms with Crippen molar-refractivity contribution in [2.24, 2.45) is 0 Å². The van der Waals surface area contributed by atoms with Crippen LogP contribution in [0, 0.1) is 6.92 Å². The Balaban J connectivity index is 2.01. The summed E-state index contributed by atoms with van der Waals surface area (Å²) in [7, 11) is 0. The molecule has 0 radical (unpaired) electrons.